The Morgan fingerprint density at radius 3 is 2.79 bits per heavy atom. The third-order valence-corrected chi connectivity index (χ3v) is 5.51. The predicted molar refractivity (Wildman–Crippen MR) is 86.5 cm³/mol. The molecule has 3 heterocycles. The highest BCUT2D eigenvalue weighted by Crippen LogP contribution is 2.34. The van der Waals surface area contributed by atoms with E-state index in [2.05, 4.69) is 19.9 Å². The van der Waals surface area contributed by atoms with Gasteiger partial charge < -0.3 is 9.47 Å². The van der Waals surface area contributed by atoms with Crippen molar-refractivity contribution in [2.75, 3.05) is 11.5 Å². The van der Waals surface area contributed by atoms with Crippen molar-refractivity contribution in [3.8, 4) is 22.2 Å². The number of fused-ring (bicyclic) bond motifs is 1. The molecule has 122 valence electrons. The normalized spacial score (nSPS) is 13.0. The van der Waals surface area contributed by atoms with Crippen LogP contribution >= 0.6 is 11.3 Å². The van der Waals surface area contributed by atoms with E-state index in [0.29, 0.717) is 22.2 Å². The maximum Gasteiger partial charge on any atom is 0.263 e. The van der Waals surface area contributed by atoms with Gasteiger partial charge in [-0.1, -0.05) is 17.4 Å². The van der Waals surface area contributed by atoms with Crippen LogP contribution in [-0.2, 0) is 10.0 Å². The highest BCUT2D eigenvalue weighted by atomic mass is 32.2. The molecule has 0 radical (unpaired) electrons. The fourth-order valence-electron chi connectivity index (χ4n) is 2.08. The number of ether oxygens (including phenoxy) is 2. The summed E-state index contributed by atoms with van der Waals surface area (Å²) in [5.74, 6) is 0.909. The van der Waals surface area contributed by atoms with E-state index in [-0.39, 0.29) is 16.8 Å². The van der Waals surface area contributed by atoms with Gasteiger partial charge in [0.2, 0.25) is 11.9 Å². The fraction of sp³-hybridized carbons (Fsp3) is 0.0714. The molecule has 1 aliphatic rings. The molecule has 1 aliphatic heterocycles. The van der Waals surface area contributed by atoms with Gasteiger partial charge in [0.05, 0.1) is 4.90 Å². The summed E-state index contributed by atoms with van der Waals surface area (Å²) in [6, 6.07) is 9.78. The molecule has 4 rings (SSSR count). The molecule has 1 N–H and O–H groups in total. The van der Waals surface area contributed by atoms with E-state index < -0.39 is 10.0 Å². The molecule has 0 spiro atoms. The maximum absolute atomic E-state index is 12.5. The van der Waals surface area contributed by atoms with Crippen molar-refractivity contribution in [2.45, 2.75) is 4.90 Å². The Labute approximate surface area is 141 Å². The molecule has 0 fully saturated rings. The van der Waals surface area contributed by atoms with Crippen molar-refractivity contribution in [1.29, 1.82) is 0 Å². The number of hydrogen-bond acceptors (Lipinski definition) is 8. The van der Waals surface area contributed by atoms with Crippen LogP contribution in [0.4, 0.5) is 5.13 Å². The molecule has 0 saturated heterocycles. The van der Waals surface area contributed by atoms with Crippen LogP contribution in [0.1, 0.15) is 0 Å². The smallest absolute Gasteiger partial charge is 0.263 e. The van der Waals surface area contributed by atoms with Gasteiger partial charge in [-0.05, 0) is 24.3 Å². The molecule has 0 unspecified atom stereocenters. The molecule has 0 bridgehead atoms. The molecular formula is C14H10N4O4S2. The van der Waals surface area contributed by atoms with Crippen LogP contribution in [0.5, 0.6) is 11.5 Å². The Hall–Kier alpha value is -2.72. The summed E-state index contributed by atoms with van der Waals surface area (Å²) in [5.41, 5.74) is 0.628. The Morgan fingerprint density at radius 2 is 1.96 bits per heavy atom. The quantitative estimate of drug-likeness (QED) is 0.758. The van der Waals surface area contributed by atoms with Crippen LogP contribution in [0.2, 0.25) is 0 Å². The Morgan fingerprint density at radius 1 is 1.08 bits per heavy atom. The molecule has 1 aromatic carbocycles. The van der Waals surface area contributed by atoms with Crippen molar-refractivity contribution in [3.05, 3.63) is 42.6 Å². The first kappa shape index (κ1) is 14.8. The predicted octanol–water partition coefficient (Wildman–Crippen LogP) is 2.13. The molecular weight excluding hydrogens is 352 g/mol. The zero-order valence-corrected chi connectivity index (χ0v) is 13.7. The second kappa shape index (κ2) is 5.73. The van der Waals surface area contributed by atoms with Gasteiger partial charge in [-0.15, -0.1) is 10.2 Å². The Kier molecular flexibility index (Phi) is 3.54. The van der Waals surface area contributed by atoms with E-state index in [9.17, 15) is 8.42 Å². The Balaban J connectivity index is 1.59. The number of hydrogen-bond donors (Lipinski definition) is 1. The summed E-state index contributed by atoms with van der Waals surface area (Å²) in [5, 5.41) is 8.50. The van der Waals surface area contributed by atoms with E-state index in [0.717, 1.165) is 11.3 Å². The largest absolute Gasteiger partial charge is 0.454 e. The lowest BCUT2D eigenvalue weighted by atomic mass is 10.3. The topological polar surface area (TPSA) is 103 Å². The average Bonchev–Trinajstić information content (AvgIpc) is 3.23. The summed E-state index contributed by atoms with van der Waals surface area (Å²) >= 11 is 1.10. The van der Waals surface area contributed by atoms with Crippen LogP contribution in [0.3, 0.4) is 0 Å². The monoisotopic (exact) mass is 362 g/mol. The highest BCUT2D eigenvalue weighted by molar-refractivity contribution is 7.93. The van der Waals surface area contributed by atoms with Gasteiger partial charge in [-0.2, -0.15) is 0 Å². The lowest BCUT2D eigenvalue weighted by Crippen LogP contribution is -2.12. The standard InChI is InChI=1S/C14H10N4O4S2/c19-24(20,9-4-5-11-12(7-9)22-8-21-11)18-14-17-16-13(23-14)10-3-1-2-6-15-10/h1-7H,8H2,(H,17,18). The minimum absolute atomic E-state index is 0.0568. The van der Waals surface area contributed by atoms with Gasteiger partial charge in [0, 0.05) is 12.3 Å². The molecule has 2 aromatic heterocycles. The molecule has 3 aromatic rings. The van der Waals surface area contributed by atoms with E-state index in [1.54, 1.807) is 24.4 Å². The summed E-state index contributed by atoms with van der Waals surface area (Å²) in [4.78, 5) is 4.21. The zero-order chi connectivity index (χ0) is 16.6. The Bertz CT molecular complexity index is 989. The van der Waals surface area contributed by atoms with Gasteiger partial charge in [0.15, 0.2) is 16.5 Å². The minimum Gasteiger partial charge on any atom is -0.454 e. The van der Waals surface area contributed by atoms with Gasteiger partial charge in [-0.25, -0.2) is 8.42 Å². The van der Waals surface area contributed by atoms with Crippen LogP contribution in [0, 0.1) is 0 Å². The first-order valence-electron chi connectivity index (χ1n) is 6.79. The summed E-state index contributed by atoms with van der Waals surface area (Å²) < 4.78 is 37.7. The molecule has 0 saturated carbocycles. The number of nitrogens with one attached hydrogen (secondary N) is 1. The number of rotatable bonds is 4. The number of benzene rings is 1. The summed E-state index contributed by atoms with van der Waals surface area (Å²) in [7, 11) is -3.80. The minimum atomic E-state index is -3.80. The van der Waals surface area contributed by atoms with Gasteiger partial charge in [-0.3, -0.25) is 9.71 Å². The van der Waals surface area contributed by atoms with Crippen LogP contribution < -0.4 is 14.2 Å². The van der Waals surface area contributed by atoms with Crippen molar-refractivity contribution in [3.63, 3.8) is 0 Å². The van der Waals surface area contributed by atoms with Gasteiger partial charge >= 0.3 is 0 Å². The second-order valence-electron chi connectivity index (χ2n) is 4.75. The molecule has 0 aliphatic carbocycles. The lowest BCUT2D eigenvalue weighted by Gasteiger charge is -2.05. The summed E-state index contributed by atoms with van der Waals surface area (Å²) in [6.07, 6.45) is 1.63. The zero-order valence-electron chi connectivity index (χ0n) is 12.0. The van der Waals surface area contributed by atoms with Crippen molar-refractivity contribution >= 4 is 26.5 Å². The fourth-order valence-corrected chi connectivity index (χ4v) is 4.04. The lowest BCUT2D eigenvalue weighted by molar-refractivity contribution is 0.174. The number of nitrogens with zero attached hydrogens (tertiary/aromatic N) is 3. The van der Waals surface area contributed by atoms with E-state index in [1.165, 1.54) is 12.1 Å². The van der Waals surface area contributed by atoms with E-state index in [4.69, 9.17) is 9.47 Å². The van der Waals surface area contributed by atoms with Gasteiger partial charge in [0.1, 0.15) is 5.69 Å². The number of pyridine rings is 1. The average molecular weight is 362 g/mol. The number of anilines is 1. The van der Waals surface area contributed by atoms with E-state index in [1.807, 2.05) is 6.07 Å². The van der Waals surface area contributed by atoms with Crippen LogP contribution in [0.25, 0.3) is 10.7 Å². The first-order chi connectivity index (χ1) is 11.6. The molecule has 0 atom stereocenters. The third kappa shape index (κ3) is 2.76. The van der Waals surface area contributed by atoms with Crippen LogP contribution in [-0.4, -0.2) is 30.4 Å². The SMILES string of the molecule is O=S(=O)(Nc1nnc(-c2ccccn2)s1)c1ccc2c(c1)OCO2. The van der Waals surface area contributed by atoms with Crippen molar-refractivity contribution < 1.29 is 17.9 Å². The molecule has 24 heavy (non-hydrogen) atoms. The second-order valence-corrected chi connectivity index (χ2v) is 7.41. The summed E-state index contributed by atoms with van der Waals surface area (Å²) in [6.45, 7) is 0.0795. The van der Waals surface area contributed by atoms with Crippen molar-refractivity contribution in [1.82, 2.24) is 15.2 Å². The third-order valence-electron chi connectivity index (χ3n) is 3.19. The molecule has 10 heteroatoms. The van der Waals surface area contributed by atoms with Crippen LogP contribution in [0.15, 0.2) is 47.5 Å². The first-order valence-corrected chi connectivity index (χ1v) is 9.09. The van der Waals surface area contributed by atoms with Gasteiger partial charge in [0.25, 0.3) is 10.0 Å². The maximum atomic E-state index is 12.5. The molecule has 0 amide bonds. The number of sulfonamides is 1. The van der Waals surface area contributed by atoms with Crippen molar-refractivity contribution in [2.24, 2.45) is 0 Å². The molecule has 8 nitrogen and oxygen atoms in total. The highest BCUT2D eigenvalue weighted by Gasteiger charge is 2.22. The van der Waals surface area contributed by atoms with E-state index >= 15 is 0 Å². The number of aromatic nitrogens is 3.